The highest BCUT2D eigenvalue weighted by atomic mass is 127. The Balaban J connectivity index is 0.00000300. The number of halogens is 1. The van der Waals surface area contributed by atoms with Gasteiger partial charge in [-0.15, -0.1) is 24.0 Å². The summed E-state index contributed by atoms with van der Waals surface area (Å²) in [6, 6.07) is 10.4. The Morgan fingerprint density at radius 3 is 2.41 bits per heavy atom. The van der Waals surface area contributed by atoms with Crippen LogP contribution in [0, 0.1) is 0 Å². The molecule has 0 amide bonds. The van der Waals surface area contributed by atoms with Crippen molar-refractivity contribution in [3.05, 3.63) is 41.5 Å². The van der Waals surface area contributed by atoms with Crippen LogP contribution < -0.4 is 5.32 Å². The van der Waals surface area contributed by atoms with Gasteiger partial charge in [-0.2, -0.15) is 4.31 Å². The van der Waals surface area contributed by atoms with Crippen LogP contribution in [0.15, 0.2) is 40.9 Å². The normalized spacial score (nSPS) is 18.9. The second kappa shape index (κ2) is 11.9. The van der Waals surface area contributed by atoms with E-state index in [0.717, 1.165) is 31.9 Å². The molecular formula is C20H31IN4O3S. The van der Waals surface area contributed by atoms with Crippen LogP contribution in [0.25, 0.3) is 6.08 Å². The number of hydrogen-bond acceptors (Lipinski definition) is 4. The van der Waals surface area contributed by atoms with Gasteiger partial charge in [0.25, 0.3) is 0 Å². The van der Waals surface area contributed by atoms with Crippen molar-refractivity contribution in [2.75, 3.05) is 58.7 Å². The first kappa shape index (κ1) is 24.1. The summed E-state index contributed by atoms with van der Waals surface area (Å²) in [5, 5.41) is 3.22. The van der Waals surface area contributed by atoms with E-state index in [1.807, 2.05) is 6.07 Å². The van der Waals surface area contributed by atoms with Crippen molar-refractivity contribution in [1.29, 1.82) is 0 Å². The summed E-state index contributed by atoms with van der Waals surface area (Å²) in [5.41, 5.74) is 2.68. The summed E-state index contributed by atoms with van der Waals surface area (Å²) < 4.78 is 31.6. The Hall–Kier alpha value is -1.17. The number of rotatable bonds is 5. The smallest absolute Gasteiger partial charge is 0.215 e. The zero-order valence-electron chi connectivity index (χ0n) is 16.9. The maximum atomic E-state index is 12.4. The summed E-state index contributed by atoms with van der Waals surface area (Å²) in [5.74, 6) is 0.842. The highest BCUT2D eigenvalue weighted by Crippen LogP contribution is 2.19. The van der Waals surface area contributed by atoms with Crippen molar-refractivity contribution in [2.24, 2.45) is 4.99 Å². The van der Waals surface area contributed by atoms with E-state index in [9.17, 15) is 8.42 Å². The van der Waals surface area contributed by atoms with Crippen molar-refractivity contribution in [3.8, 4) is 0 Å². The predicted molar refractivity (Wildman–Crippen MR) is 128 cm³/mol. The molecule has 0 saturated carbocycles. The van der Waals surface area contributed by atoms with Crippen LogP contribution in [0.3, 0.4) is 0 Å². The van der Waals surface area contributed by atoms with Gasteiger partial charge in [0.15, 0.2) is 5.96 Å². The van der Waals surface area contributed by atoms with Crippen molar-refractivity contribution in [1.82, 2.24) is 14.5 Å². The minimum Gasteiger partial charge on any atom is -0.379 e. The number of likely N-dealkylation sites (tertiary alicyclic amines) is 1. The molecule has 2 heterocycles. The number of ether oxygens (including phenoxy) is 1. The number of guanidine groups is 1. The molecule has 29 heavy (non-hydrogen) atoms. The predicted octanol–water partition coefficient (Wildman–Crippen LogP) is 2.02. The molecular weight excluding hydrogens is 503 g/mol. The summed E-state index contributed by atoms with van der Waals surface area (Å²) in [7, 11) is -1.51. The van der Waals surface area contributed by atoms with E-state index in [0.29, 0.717) is 32.8 Å². The Morgan fingerprint density at radius 1 is 1.14 bits per heavy atom. The van der Waals surface area contributed by atoms with Crippen LogP contribution in [0.2, 0.25) is 0 Å². The lowest BCUT2D eigenvalue weighted by molar-refractivity contribution is 0.0730. The largest absolute Gasteiger partial charge is 0.379 e. The molecule has 0 bridgehead atoms. The third-order valence-corrected chi connectivity index (χ3v) is 6.97. The molecule has 2 aliphatic heterocycles. The molecule has 2 saturated heterocycles. The highest BCUT2D eigenvalue weighted by Gasteiger charge is 2.24. The van der Waals surface area contributed by atoms with Gasteiger partial charge in [-0.05, 0) is 18.4 Å². The second-order valence-electron chi connectivity index (χ2n) is 7.00. The maximum absolute atomic E-state index is 12.4. The minimum absolute atomic E-state index is 0. The molecule has 1 aromatic rings. The molecule has 1 N–H and O–H groups in total. The SMILES string of the molecule is CN=C(NCCS(=O)(=O)N1CCOCC1)N1CCC(=Cc2ccccc2)CC1.I. The second-order valence-corrected chi connectivity index (χ2v) is 9.09. The topological polar surface area (TPSA) is 74.2 Å². The molecule has 0 aliphatic carbocycles. The van der Waals surface area contributed by atoms with Crippen LogP contribution in [0.1, 0.15) is 18.4 Å². The summed E-state index contributed by atoms with van der Waals surface area (Å²) in [4.78, 5) is 6.53. The van der Waals surface area contributed by atoms with Gasteiger partial charge in [0.05, 0.1) is 19.0 Å². The average molecular weight is 534 g/mol. The lowest BCUT2D eigenvalue weighted by Crippen LogP contribution is -2.47. The van der Waals surface area contributed by atoms with Crippen LogP contribution >= 0.6 is 24.0 Å². The highest BCUT2D eigenvalue weighted by molar-refractivity contribution is 14.0. The molecule has 0 spiro atoms. The van der Waals surface area contributed by atoms with Gasteiger partial charge in [-0.3, -0.25) is 4.99 Å². The van der Waals surface area contributed by atoms with E-state index < -0.39 is 10.0 Å². The number of sulfonamides is 1. The fourth-order valence-electron chi connectivity index (χ4n) is 3.51. The first-order chi connectivity index (χ1) is 13.6. The van der Waals surface area contributed by atoms with E-state index in [-0.39, 0.29) is 29.7 Å². The molecule has 162 valence electrons. The number of benzene rings is 1. The Morgan fingerprint density at radius 2 is 1.79 bits per heavy atom. The van der Waals surface area contributed by atoms with Crippen LogP contribution in [0.5, 0.6) is 0 Å². The van der Waals surface area contributed by atoms with Crippen molar-refractivity contribution in [3.63, 3.8) is 0 Å². The van der Waals surface area contributed by atoms with Gasteiger partial charge in [-0.1, -0.05) is 42.0 Å². The fraction of sp³-hybridized carbons (Fsp3) is 0.550. The summed E-state index contributed by atoms with van der Waals surface area (Å²) in [6.07, 6.45) is 4.24. The standard InChI is InChI=1S/C20H30N4O3S.HI/c1-21-20(22-9-16-28(25,26)24-12-14-27-15-13-24)23-10-7-19(8-11-23)17-18-5-3-2-4-6-18;/h2-6,17H,7-16H2,1H3,(H,21,22);1H. The van der Waals surface area contributed by atoms with E-state index in [2.05, 4.69) is 45.6 Å². The number of morpholine rings is 1. The molecule has 2 aliphatic rings. The zero-order chi connectivity index (χ0) is 19.8. The maximum Gasteiger partial charge on any atom is 0.215 e. The molecule has 0 aromatic heterocycles. The van der Waals surface area contributed by atoms with Crippen molar-refractivity contribution >= 4 is 46.0 Å². The summed E-state index contributed by atoms with van der Waals surface area (Å²) >= 11 is 0. The van der Waals surface area contributed by atoms with Gasteiger partial charge in [0.1, 0.15) is 0 Å². The first-order valence-electron chi connectivity index (χ1n) is 9.84. The lowest BCUT2D eigenvalue weighted by Gasteiger charge is -2.32. The minimum atomic E-state index is -3.25. The lowest BCUT2D eigenvalue weighted by atomic mass is 10.0. The van der Waals surface area contributed by atoms with Crippen LogP contribution in [0.4, 0.5) is 0 Å². The van der Waals surface area contributed by atoms with Gasteiger partial charge in [-0.25, -0.2) is 8.42 Å². The van der Waals surface area contributed by atoms with Crippen molar-refractivity contribution < 1.29 is 13.2 Å². The monoisotopic (exact) mass is 534 g/mol. The fourth-order valence-corrected chi connectivity index (χ4v) is 4.84. The molecule has 2 fully saturated rings. The Labute approximate surface area is 191 Å². The number of aliphatic imine (C=N–C) groups is 1. The molecule has 9 heteroatoms. The van der Waals surface area contributed by atoms with Crippen LogP contribution in [-0.2, 0) is 14.8 Å². The Kier molecular flexibility index (Phi) is 9.87. The van der Waals surface area contributed by atoms with E-state index in [1.54, 1.807) is 7.05 Å². The average Bonchev–Trinajstić information content (AvgIpc) is 2.73. The first-order valence-corrected chi connectivity index (χ1v) is 11.4. The number of piperidine rings is 1. The van der Waals surface area contributed by atoms with Gasteiger partial charge in [0, 0.05) is 39.8 Å². The third kappa shape index (κ3) is 7.23. The van der Waals surface area contributed by atoms with E-state index in [4.69, 9.17) is 4.74 Å². The number of nitrogens with one attached hydrogen (secondary N) is 1. The van der Waals surface area contributed by atoms with Gasteiger partial charge in [0.2, 0.25) is 10.0 Å². The van der Waals surface area contributed by atoms with Crippen LogP contribution in [-0.4, -0.2) is 82.3 Å². The number of hydrogen-bond donors (Lipinski definition) is 1. The van der Waals surface area contributed by atoms with E-state index >= 15 is 0 Å². The molecule has 0 atom stereocenters. The molecule has 0 unspecified atom stereocenters. The Bertz CT molecular complexity index is 783. The van der Waals surface area contributed by atoms with E-state index in [1.165, 1.54) is 15.4 Å². The molecule has 3 rings (SSSR count). The third-order valence-electron chi connectivity index (χ3n) is 5.09. The van der Waals surface area contributed by atoms with Gasteiger partial charge < -0.3 is 15.0 Å². The number of nitrogens with zero attached hydrogens (tertiary/aromatic N) is 3. The molecule has 1 aromatic carbocycles. The zero-order valence-corrected chi connectivity index (χ0v) is 20.1. The quantitative estimate of drug-likeness (QED) is 0.356. The molecule has 0 radical (unpaired) electrons. The van der Waals surface area contributed by atoms with Gasteiger partial charge >= 0.3 is 0 Å². The summed E-state index contributed by atoms with van der Waals surface area (Å²) in [6.45, 7) is 3.96. The van der Waals surface area contributed by atoms with Crippen molar-refractivity contribution in [2.45, 2.75) is 12.8 Å². The molecule has 7 nitrogen and oxygen atoms in total.